The van der Waals surface area contributed by atoms with E-state index in [9.17, 15) is 0 Å². The minimum absolute atomic E-state index is 0.634. The number of H-pyrrole nitrogens is 1. The number of nitrogens with two attached hydrogens (primary N) is 1. The van der Waals surface area contributed by atoms with Crippen molar-refractivity contribution in [2.45, 2.75) is 30.8 Å². The first-order valence-corrected chi connectivity index (χ1v) is 7.84. The first kappa shape index (κ1) is 15.1. The fourth-order valence-corrected chi connectivity index (χ4v) is 2.49. The van der Waals surface area contributed by atoms with Crippen molar-refractivity contribution >= 4 is 5.96 Å². The van der Waals surface area contributed by atoms with Crippen LogP contribution in [0.5, 0.6) is 0 Å². The van der Waals surface area contributed by atoms with Gasteiger partial charge >= 0.3 is 0 Å². The number of aromatic amines is 1. The van der Waals surface area contributed by atoms with Crippen LogP contribution in [0.1, 0.15) is 36.6 Å². The molecule has 1 aromatic rings. The van der Waals surface area contributed by atoms with Crippen molar-refractivity contribution in [3.63, 3.8) is 0 Å². The molecule has 22 heavy (non-hydrogen) atoms. The summed E-state index contributed by atoms with van der Waals surface area (Å²) in [4.78, 5) is 6.46. The van der Waals surface area contributed by atoms with Crippen LogP contribution >= 0.6 is 0 Å². The SMILES string of the molecule is CN(C)CCCNC1=NC=CC(N)(c2cc(C3CC3)[nH]n2)N1. The van der Waals surface area contributed by atoms with Crippen molar-refractivity contribution in [2.24, 2.45) is 10.7 Å². The third-order valence-corrected chi connectivity index (χ3v) is 3.98. The van der Waals surface area contributed by atoms with E-state index < -0.39 is 5.66 Å². The molecule has 120 valence electrons. The Morgan fingerprint density at radius 3 is 3.00 bits per heavy atom. The summed E-state index contributed by atoms with van der Waals surface area (Å²) in [5.41, 5.74) is 7.62. The molecule has 1 unspecified atom stereocenters. The second-order valence-electron chi connectivity index (χ2n) is 6.35. The lowest BCUT2D eigenvalue weighted by Gasteiger charge is -2.29. The van der Waals surface area contributed by atoms with Gasteiger partial charge in [0.25, 0.3) is 0 Å². The lowest BCUT2D eigenvalue weighted by Crippen LogP contribution is -2.57. The smallest absolute Gasteiger partial charge is 0.197 e. The summed E-state index contributed by atoms with van der Waals surface area (Å²) < 4.78 is 0. The third kappa shape index (κ3) is 3.48. The summed E-state index contributed by atoms with van der Waals surface area (Å²) in [7, 11) is 4.14. The molecule has 2 heterocycles. The van der Waals surface area contributed by atoms with Crippen LogP contribution in [0, 0.1) is 0 Å². The van der Waals surface area contributed by atoms with Gasteiger partial charge in [-0.1, -0.05) is 0 Å². The van der Waals surface area contributed by atoms with Gasteiger partial charge in [-0.25, -0.2) is 4.99 Å². The Hall–Kier alpha value is -1.86. The summed E-state index contributed by atoms with van der Waals surface area (Å²) in [6, 6.07) is 2.06. The van der Waals surface area contributed by atoms with Gasteiger partial charge in [-0.3, -0.25) is 5.10 Å². The van der Waals surface area contributed by atoms with E-state index in [1.807, 2.05) is 6.08 Å². The highest BCUT2D eigenvalue weighted by Crippen LogP contribution is 2.39. The third-order valence-electron chi connectivity index (χ3n) is 3.98. The maximum absolute atomic E-state index is 6.45. The van der Waals surface area contributed by atoms with Crippen molar-refractivity contribution in [3.8, 4) is 0 Å². The molecule has 1 saturated carbocycles. The maximum Gasteiger partial charge on any atom is 0.197 e. The average Bonchev–Trinajstić information content (AvgIpc) is 3.20. The summed E-state index contributed by atoms with van der Waals surface area (Å²) >= 11 is 0. The molecule has 0 amide bonds. The molecular weight excluding hydrogens is 278 g/mol. The van der Waals surface area contributed by atoms with Crippen molar-refractivity contribution in [2.75, 3.05) is 27.2 Å². The number of aromatic nitrogens is 2. The van der Waals surface area contributed by atoms with E-state index in [1.165, 1.54) is 18.5 Å². The molecule has 0 bridgehead atoms. The quantitative estimate of drug-likeness (QED) is 0.571. The molecule has 1 aliphatic heterocycles. The van der Waals surface area contributed by atoms with E-state index in [-0.39, 0.29) is 0 Å². The molecule has 0 radical (unpaired) electrons. The van der Waals surface area contributed by atoms with Crippen LogP contribution < -0.4 is 16.4 Å². The fourth-order valence-electron chi connectivity index (χ4n) is 2.49. The predicted molar refractivity (Wildman–Crippen MR) is 87.3 cm³/mol. The Morgan fingerprint density at radius 1 is 1.45 bits per heavy atom. The van der Waals surface area contributed by atoms with Crippen LogP contribution in [0.15, 0.2) is 23.3 Å². The van der Waals surface area contributed by atoms with Gasteiger partial charge in [0, 0.05) is 24.4 Å². The Kier molecular flexibility index (Phi) is 4.17. The highest BCUT2D eigenvalue weighted by molar-refractivity contribution is 5.82. The zero-order valence-electron chi connectivity index (χ0n) is 13.3. The molecule has 2 aliphatic rings. The van der Waals surface area contributed by atoms with Gasteiger partial charge in [0.05, 0.1) is 0 Å². The zero-order chi connectivity index (χ0) is 15.6. The first-order chi connectivity index (χ1) is 10.6. The van der Waals surface area contributed by atoms with Gasteiger partial charge in [0.2, 0.25) is 0 Å². The standard InChI is InChI=1S/C15H25N7/c1-22(2)9-3-7-17-14-18-8-6-15(16,19-14)13-10-12(20-21-13)11-4-5-11/h6,8,10-11H,3-5,7,9,16H2,1-2H3,(H,20,21)(H2,17,18,19). The molecule has 5 N–H and O–H groups in total. The van der Waals surface area contributed by atoms with Crippen LogP contribution in [-0.4, -0.2) is 48.2 Å². The molecule has 7 nitrogen and oxygen atoms in total. The lowest BCUT2D eigenvalue weighted by molar-refractivity contribution is 0.398. The minimum Gasteiger partial charge on any atom is -0.356 e. The highest BCUT2D eigenvalue weighted by atomic mass is 15.3. The summed E-state index contributed by atoms with van der Waals surface area (Å²) in [5.74, 6) is 1.33. The maximum atomic E-state index is 6.45. The number of guanidine groups is 1. The molecule has 1 aliphatic carbocycles. The molecule has 1 aromatic heterocycles. The number of hydrogen-bond acceptors (Lipinski definition) is 6. The number of nitrogens with one attached hydrogen (secondary N) is 3. The van der Waals surface area contributed by atoms with Crippen LogP contribution in [0.2, 0.25) is 0 Å². The summed E-state index contributed by atoms with van der Waals surface area (Å²) in [6.07, 6.45) is 7.09. The predicted octanol–water partition coefficient (Wildman–Crippen LogP) is 0.413. The molecule has 3 rings (SSSR count). The second-order valence-corrected chi connectivity index (χ2v) is 6.35. The molecule has 0 spiro atoms. The monoisotopic (exact) mass is 303 g/mol. The average molecular weight is 303 g/mol. The Bertz CT molecular complexity index is 570. The highest BCUT2D eigenvalue weighted by Gasteiger charge is 2.33. The van der Waals surface area contributed by atoms with Gasteiger partial charge in [-0.2, -0.15) is 5.10 Å². The van der Waals surface area contributed by atoms with E-state index in [0.29, 0.717) is 11.9 Å². The summed E-state index contributed by atoms with van der Waals surface area (Å²) in [6.45, 7) is 1.88. The van der Waals surface area contributed by atoms with Gasteiger partial charge in [-0.05, 0) is 52.0 Å². The molecule has 0 aromatic carbocycles. The molecular formula is C15H25N7. The second kappa shape index (κ2) is 6.10. The van der Waals surface area contributed by atoms with Gasteiger partial charge < -0.3 is 21.3 Å². The number of aliphatic imine (C=N–C) groups is 1. The molecule has 0 saturated heterocycles. The van der Waals surface area contributed by atoms with E-state index in [1.54, 1.807) is 6.20 Å². The van der Waals surface area contributed by atoms with Gasteiger partial charge in [-0.15, -0.1) is 0 Å². The summed E-state index contributed by atoms with van der Waals surface area (Å²) in [5, 5.41) is 14.0. The van der Waals surface area contributed by atoms with Crippen molar-refractivity contribution in [1.29, 1.82) is 0 Å². The Morgan fingerprint density at radius 2 is 2.27 bits per heavy atom. The van der Waals surface area contributed by atoms with Crippen LogP contribution in [0.25, 0.3) is 0 Å². The topological polar surface area (TPSA) is 94.4 Å². The molecule has 1 atom stereocenters. The van der Waals surface area contributed by atoms with Crippen LogP contribution in [0.4, 0.5) is 0 Å². The van der Waals surface area contributed by atoms with Crippen molar-refractivity contribution in [1.82, 2.24) is 25.7 Å². The largest absolute Gasteiger partial charge is 0.356 e. The number of nitrogens with zero attached hydrogens (tertiary/aromatic N) is 3. The van der Waals surface area contributed by atoms with E-state index >= 15 is 0 Å². The van der Waals surface area contributed by atoms with Crippen LogP contribution in [0.3, 0.4) is 0 Å². The molecule has 1 fully saturated rings. The van der Waals surface area contributed by atoms with Gasteiger partial charge in [0.15, 0.2) is 11.6 Å². The van der Waals surface area contributed by atoms with Crippen molar-refractivity contribution < 1.29 is 0 Å². The van der Waals surface area contributed by atoms with E-state index in [4.69, 9.17) is 5.73 Å². The fraction of sp³-hybridized carbons (Fsp3) is 0.600. The van der Waals surface area contributed by atoms with Crippen LogP contribution in [-0.2, 0) is 5.66 Å². The van der Waals surface area contributed by atoms with E-state index in [0.717, 1.165) is 25.2 Å². The molecule has 7 heteroatoms. The normalized spacial score (nSPS) is 24.3. The minimum atomic E-state index is -0.810. The first-order valence-electron chi connectivity index (χ1n) is 7.84. The Balaban J connectivity index is 1.58. The number of rotatable bonds is 6. The number of hydrogen-bond donors (Lipinski definition) is 4. The van der Waals surface area contributed by atoms with Crippen molar-refractivity contribution in [3.05, 3.63) is 29.7 Å². The van der Waals surface area contributed by atoms with Gasteiger partial charge in [0.1, 0.15) is 5.69 Å². The Labute approximate surface area is 131 Å². The lowest BCUT2D eigenvalue weighted by atomic mass is 10.1. The zero-order valence-corrected chi connectivity index (χ0v) is 13.3. The van der Waals surface area contributed by atoms with E-state index in [2.05, 4.69) is 50.9 Å².